The lowest BCUT2D eigenvalue weighted by atomic mass is 10.00. The molecule has 0 radical (unpaired) electrons. The van der Waals surface area contributed by atoms with Gasteiger partial charge in [0, 0.05) is 27.1 Å². The Balaban J connectivity index is 2.43. The van der Waals surface area contributed by atoms with Crippen molar-refractivity contribution in [1.29, 1.82) is 0 Å². The summed E-state index contributed by atoms with van der Waals surface area (Å²) >= 11 is 4.75. The molecule has 1 unspecified atom stereocenters. The van der Waals surface area contributed by atoms with Crippen LogP contribution in [0.15, 0.2) is 40.4 Å². The summed E-state index contributed by atoms with van der Waals surface area (Å²) < 4.78 is 0.905. The molecule has 0 bridgehead atoms. The van der Waals surface area contributed by atoms with Crippen molar-refractivity contribution in [3.63, 3.8) is 0 Å². The van der Waals surface area contributed by atoms with Crippen LogP contribution in [-0.4, -0.2) is 16.1 Å². The molecule has 0 amide bonds. The minimum Gasteiger partial charge on any atom is -0.481 e. The number of thiophene rings is 1. The topological polar surface area (TPSA) is 50.2 Å². The Morgan fingerprint density at radius 1 is 1.56 bits per heavy atom. The first kappa shape index (κ1) is 11.3. The highest BCUT2D eigenvalue weighted by molar-refractivity contribution is 9.10. The number of pyridine rings is 1. The van der Waals surface area contributed by atoms with E-state index in [4.69, 9.17) is 0 Å². The summed E-state index contributed by atoms with van der Waals surface area (Å²) in [5, 5.41) is 11.1. The first-order valence-corrected chi connectivity index (χ1v) is 6.22. The van der Waals surface area contributed by atoms with Gasteiger partial charge in [0.15, 0.2) is 0 Å². The Bertz CT molecular complexity index is 498. The lowest BCUT2D eigenvalue weighted by Crippen LogP contribution is -2.11. The predicted molar refractivity (Wildman–Crippen MR) is 65.7 cm³/mol. The van der Waals surface area contributed by atoms with Crippen LogP contribution < -0.4 is 0 Å². The molecular formula is C11H8BrNO2S. The van der Waals surface area contributed by atoms with E-state index in [2.05, 4.69) is 20.9 Å². The average Bonchev–Trinajstić information content (AvgIpc) is 2.66. The zero-order valence-corrected chi connectivity index (χ0v) is 10.5. The van der Waals surface area contributed by atoms with Crippen LogP contribution in [0.2, 0.25) is 0 Å². The van der Waals surface area contributed by atoms with Crippen LogP contribution in [-0.2, 0) is 4.79 Å². The molecule has 2 heterocycles. The third-order valence-electron chi connectivity index (χ3n) is 2.14. The molecular weight excluding hydrogens is 290 g/mol. The summed E-state index contributed by atoms with van der Waals surface area (Å²) in [7, 11) is 0. The quantitative estimate of drug-likeness (QED) is 0.947. The van der Waals surface area contributed by atoms with Gasteiger partial charge in [0.05, 0.1) is 0 Å². The van der Waals surface area contributed by atoms with Crippen molar-refractivity contribution in [3.05, 3.63) is 50.9 Å². The molecule has 3 nitrogen and oxygen atoms in total. The molecule has 0 aliphatic rings. The molecule has 1 atom stereocenters. The van der Waals surface area contributed by atoms with Crippen LogP contribution in [0.4, 0.5) is 0 Å². The summed E-state index contributed by atoms with van der Waals surface area (Å²) in [6, 6.07) is 5.35. The molecule has 0 spiro atoms. The van der Waals surface area contributed by atoms with Crippen molar-refractivity contribution < 1.29 is 9.90 Å². The fraction of sp³-hybridized carbons (Fsp3) is 0.0909. The van der Waals surface area contributed by atoms with Crippen molar-refractivity contribution in [1.82, 2.24) is 4.98 Å². The van der Waals surface area contributed by atoms with Gasteiger partial charge in [0.25, 0.3) is 0 Å². The molecule has 82 valence electrons. The van der Waals surface area contributed by atoms with E-state index < -0.39 is 11.9 Å². The smallest absolute Gasteiger partial charge is 0.316 e. The van der Waals surface area contributed by atoms with Crippen LogP contribution in [0.3, 0.4) is 0 Å². The second-order valence-corrected chi connectivity index (χ2v) is 5.08. The van der Waals surface area contributed by atoms with Gasteiger partial charge in [-0.05, 0) is 33.6 Å². The molecule has 1 N–H and O–H groups in total. The maximum atomic E-state index is 11.3. The number of nitrogens with zero attached hydrogens (tertiary/aromatic N) is 1. The van der Waals surface area contributed by atoms with Gasteiger partial charge in [-0.15, -0.1) is 11.3 Å². The molecule has 0 aliphatic heterocycles. The summed E-state index contributed by atoms with van der Waals surface area (Å²) in [4.78, 5) is 16.0. The van der Waals surface area contributed by atoms with E-state index in [-0.39, 0.29) is 0 Å². The number of aromatic nitrogens is 1. The van der Waals surface area contributed by atoms with Gasteiger partial charge in [0.1, 0.15) is 5.92 Å². The Hall–Kier alpha value is -1.20. The monoisotopic (exact) mass is 297 g/mol. The van der Waals surface area contributed by atoms with Gasteiger partial charge < -0.3 is 5.11 Å². The third-order valence-corrected chi connectivity index (χ3v) is 3.90. The zero-order valence-electron chi connectivity index (χ0n) is 8.13. The van der Waals surface area contributed by atoms with Crippen LogP contribution in [0.25, 0.3) is 0 Å². The van der Waals surface area contributed by atoms with Crippen LogP contribution >= 0.6 is 27.3 Å². The van der Waals surface area contributed by atoms with Gasteiger partial charge in [-0.3, -0.25) is 9.78 Å². The normalized spacial score (nSPS) is 12.3. The largest absolute Gasteiger partial charge is 0.481 e. The standard InChI is InChI=1S/C11H8BrNO2S/c12-8-4-9(16-6-8)10(11(14)15)7-2-1-3-13-5-7/h1-6,10H,(H,14,15). The van der Waals surface area contributed by atoms with E-state index in [9.17, 15) is 9.90 Å². The fourth-order valence-electron chi connectivity index (χ4n) is 1.45. The van der Waals surface area contributed by atoms with Crippen molar-refractivity contribution in [3.8, 4) is 0 Å². The van der Waals surface area contributed by atoms with E-state index in [0.717, 1.165) is 9.35 Å². The van der Waals surface area contributed by atoms with E-state index in [1.165, 1.54) is 11.3 Å². The van der Waals surface area contributed by atoms with Crippen LogP contribution in [0.1, 0.15) is 16.4 Å². The molecule has 5 heteroatoms. The lowest BCUT2D eigenvalue weighted by Gasteiger charge is -2.09. The van der Waals surface area contributed by atoms with E-state index in [1.54, 1.807) is 24.5 Å². The SMILES string of the molecule is O=C(O)C(c1cccnc1)c1cc(Br)cs1. The highest BCUT2D eigenvalue weighted by Gasteiger charge is 2.23. The fourth-order valence-corrected chi connectivity index (χ4v) is 3.02. The molecule has 2 aromatic heterocycles. The molecule has 0 aromatic carbocycles. The summed E-state index contributed by atoms with van der Waals surface area (Å²) in [6.07, 6.45) is 3.22. The zero-order chi connectivity index (χ0) is 11.5. The Labute approximate surface area is 105 Å². The lowest BCUT2D eigenvalue weighted by molar-refractivity contribution is -0.137. The second-order valence-electron chi connectivity index (χ2n) is 3.22. The summed E-state index contributed by atoms with van der Waals surface area (Å²) in [5.41, 5.74) is 0.698. The van der Waals surface area contributed by atoms with Crippen LogP contribution in [0.5, 0.6) is 0 Å². The number of carbonyl (C=O) groups is 1. The van der Waals surface area contributed by atoms with Crippen molar-refractivity contribution in [2.24, 2.45) is 0 Å². The average molecular weight is 298 g/mol. The number of halogens is 1. The molecule has 2 aromatic rings. The van der Waals surface area contributed by atoms with Gasteiger partial charge in [-0.2, -0.15) is 0 Å². The number of aliphatic carboxylic acids is 1. The summed E-state index contributed by atoms with van der Waals surface area (Å²) in [6.45, 7) is 0. The minimum absolute atomic E-state index is 0.634. The van der Waals surface area contributed by atoms with Crippen molar-refractivity contribution >= 4 is 33.2 Å². The highest BCUT2D eigenvalue weighted by Crippen LogP contribution is 2.31. The molecule has 0 aliphatic carbocycles. The van der Waals surface area contributed by atoms with E-state index in [0.29, 0.717) is 5.56 Å². The molecule has 16 heavy (non-hydrogen) atoms. The molecule has 2 rings (SSSR count). The predicted octanol–water partition coefficient (Wildman–Crippen LogP) is 3.12. The minimum atomic E-state index is -0.859. The second kappa shape index (κ2) is 4.76. The van der Waals surface area contributed by atoms with E-state index in [1.807, 2.05) is 11.4 Å². The maximum Gasteiger partial charge on any atom is 0.316 e. The number of carboxylic acids is 1. The Morgan fingerprint density at radius 2 is 2.38 bits per heavy atom. The number of hydrogen-bond acceptors (Lipinski definition) is 3. The Morgan fingerprint density at radius 3 is 2.88 bits per heavy atom. The molecule has 0 saturated heterocycles. The number of hydrogen-bond donors (Lipinski definition) is 1. The molecule has 0 saturated carbocycles. The number of carboxylic acid groups (broad SMARTS) is 1. The third kappa shape index (κ3) is 2.31. The first-order chi connectivity index (χ1) is 7.68. The summed E-state index contributed by atoms with van der Waals surface area (Å²) in [5.74, 6) is -1.49. The van der Waals surface area contributed by atoms with Crippen LogP contribution in [0, 0.1) is 0 Å². The van der Waals surface area contributed by atoms with Crippen molar-refractivity contribution in [2.45, 2.75) is 5.92 Å². The number of rotatable bonds is 3. The first-order valence-electron chi connectivity index (χ1n) is 4.55. The Kier molecular flexibility index (Phi) is 3.36. The molecule has 0 fully saturated rings. The van der Waals surface area contributed by atoms with Gasteiger partial charge >= 0.3 is 5.97 Å². The van der Waals surface area contributed by atoms with Gasteiger partial charge in [-0.25, -0.2) is 0 Å². The van der Waals surface area contributed by atoms with E-state index >= 15 is 0 Å². The highest BCUT2D eigenvalue weighted by atomic mass is 79.9. The van der Waals surface area contributed by atoms with Gasteiger partial charge in [-0.1, -0.05) is 6.07 Å². The van der Waals surface area contributed by atoms with Gasteiger partial charge in [0.2, 0.25) is 0 Å². The van der Waals surface area contributed by atoms with Crippen molar-refractivity contribution in [2.75, 3.05) is 0 Å². The maximum absolute atomic E-state index is 11.3.